The molecule has 126 valence electrons. The zero-order valence-corrected chi connectivity index (χ0v) is 14.5. The molecule has 1 atom stereocenters. The Morgan fingerprint density at radius 2 is 1.38 bits per heavy atom. The van der Waals surface area contributed by atoms with Crippen LogP contribution in [0.4, 0.5) is 0 Å². The van der Waals surface area contributed by atoms with Gasteiger partial charge in [0.1, 0.15) is 6.04 Å². The van der Waals surface area contributed by atoms with Crippen molar-refractivity contribution in [2.75, 3.05) is 6.54 Å². The molecular formula is C18H37NO2. The predicted molar refractivity (Wildman–Crippen MR) is 90.7 cm³/mol. The third kappa shape index (κ3) is 14.1. The lowest BCUT2D eigenvalue weighted by atomic mass is 10.0. The van der Waals surface area contributed by atoms with Gasteiger partial charge < -0.3 is 10.4 Å². The Hall–Kier alpha value is -0.570. The zero-order valence-electron chi connectivity index (χ0n) is 14.5. The summed E-state index contributed by atoms with van der Waals surface area (Å²) in [5.41, 5.74) is 0. The van der Waals surface area contributed by atoms with E-state index in [1.54, 1.807) is 0 Å². The monoisotopic (exact) mass is 299 g/mol. The quantitative estimate of drug-likeness (QED) is 0.418. The van der Waals surface area contributed by atoms with Crippen LogP contribution in [0.1, 0.15) is 91.4 Å². The third-order valence-electron chi connectivity index (χ3n) is 4.06. The van der Waals surface area contributed by atoms with Gasteiger partial charge in [0.05, 0.1) is 0 Å². The minimum atomic E-state index is -0.727. The Morgan fingerprint density at radius 3 is 1.81 bits per heavy atom. The lowest BCUT2D eigenvalue weighted by Gasteiger charge is -2.11. The van der Waals surface area contributed by atoms with Crippen molar-refractivity contribution in [1.29, 1.82) is 0 Å². The van der Waals surface area contributed by atoms with Crippen LogP contribution in [0, 0.1) is 5.92 Å². The predicted octanol–water partition coefficient (Wildman–Crippen LogP) is 5.00. The van der Waals surface area contributed by atoms with E-state index in [1.165, 1.54) is 57.8 Å². The average Bonchev–Trinajstić information content (AvgIpc) is 2.43. The SMILES string of the molecule is CCC(NCCCCCCCCCCCC(C)C)C(=O)O. The molecule has 3 heteroatoms. The summed E-state index contributed by atoms with van der Waals surface area (Å²) in [7, 11) is 0. The van der Waals surface area contributed by atoms with Crippen molar-refractivity contribution in [2.45, 2.75) is 97.4 Å². The fraction of sp³-hybridized carbons (Fsp3) is 0.944. The summed E-state index contributed by atoms with van der Waals surface area (Å²) in [5, 5.41) is 12.0. The van der Waals surface area contributed by atoms with E-state index in [0.717, 1.165) is 18.9 Å². The molecule has 0 bridgehead atoms. The first kappa shape index (κ1) is 20.4. The van der Waals surface area contributed by atoms with Gasteiger partial charge in [0.25, 0.3) is 0 Å². The van der Waals surface area contributed by atoms with Crippen LogP contribution in [0.15, 0.2) is 0 Å². The fourth-order valence-corrected chi connectivity index (χ4v) is 2.60. The number of hydrogen-bond acceptors (Lipinski definition) is 2. The summed E-state index contributed by atoms with van der Waals surface area (Å²) >= 11 is 0. The van der Waals surface area contributed by atoms with Gasteiger partial charge in [-0.1, -0.05) is 78.6 Å². The Morgan fingerprint density at radius 1 is 0.905 bits per heavy atom. The standard InChI is InChI=1S/C18H37NO2/c1-4-17(18(20)21)19-15-13-11-9-7-5-6-8-10-12-14-16(2)3/h16-17,19H,4-15H2,1-3H3,(H,20,21). The van der Waals surface area contributed by atoms with Crippen LogP contribution in [-0.4, -0.2) is 23.7 Å². The van der Waals surface area contributed by atoms with Crippen LogP contribution >= 0.6 is 0 Å². The maximum absolute atomic E-state index is 10.8. The maximum atomic E-state index is 10.8. The largest absolute Gasteiger partial charge is 0.480 e. The summed E-state index contributed by atoms with van der Waals surface area (Å²) in [6, 6.07) is -0.365. The molecule has 0 aromatic carbocycles. The second-order valence-electron chi connectivity index (χ2n) is 6.62. The van der Waals surface area contributed by atoms with E-state index in [0.29, 0.717) is 6.42 Å². The van der Waals surface area contributed by atoms with Gasteiger partial charge >= 0.3 is 5.97 Å². The number of carboxylic acid groups (broad SMARTS) is 1. The Bertz CT molecular complexity index is 241. The number of carbonyl (C=O) groups is 1. The second-order valence-corrected chi connectivity index (χ2v) is 6.62. The molecule has 0 fully saturated rings. The minimum absolute atomic E-state index is 0.365. The van der Waals surface area contributed by atoms with Crippen molar-refractivity contribution < 1.29 is 9.90 Å². The van der Waals surface area contributed by atoms with E-state index in [1.807, 2.05) is 6.92 Å². The average molecular weight is 299 g/mol. The molecule has 1 unspecified atom stereocenters. The summed E-state index contributed by atoms with van der Waals surface area (Å²) in [4.78, 5) is 10.8. The number of nitrogens with one attached hydrogen (secondary N) is 1. The highest BCUT2D eigenvalue weighted by atomic mass is 16.4. The number of hydrogen-bond donors (Lipinski definition) is 2. The van der Waals surface area contributed by atoms with Crippen molar-refractivity contribution in [1.82, 2.24) is 5.32 Å². The summed E-state index contributed by atoms with van der Waals surface area (Å²) in [6.07, 6.45) is 13.9. The van der Waals surface area contributed by atoms with Crippen molar-refractivity contribution >= 4 is 5.97 Å². The zero-order chi connectivity index (χ0) is 15.9. The Labute approximate surface area is 131 Å². The van der Waals surface area contributed by atoms with E-state index in [-0.39, 0.29) is 6.04 Å². The fourth-order valence-electron chi connectivity index (χ4n) is 2.60. The molecule has 0 rings (SSSR count). The summed E-state index contributed by atoms with van der Waals surface area (Å²) in [5.74, 6) is 0.127. The number of carboxylic acids is 1. The topological polar surface area (TPSA) is 49.3 Å². The van der Waals surface area contributed by atoms with Gasteiger partial charge in [0, 0.05) is 0 Å². The Kier molecular flexibility index (Phi) is 14.0. The first-order chi connectivity index (χ1) is 10.1. The van der Waals surface area contributed by atoms with Crippen LogP contribution < -0.4 is 5.32 Å². The highest BCUT2D eigenvalue weighted by molar-refractivity contribution is 5.73. The molecule has 3 nitrogen and oxygen atoms in total. The van der Waals surface area contributed by atoms with E-state index < -0.39 is 5.97 Å². The molecule has 0 aromatic rings. The summed E-state index contributed by atoms with van der Waals surface area (Å²) < 4.78 is 0. The first-order valence-corrected chi connectivity index (χ1v) is 9.04. The number of unbranched alkanes of at least 4 members (excludes halogenated alkanes) is 8. The molecular weight excluding hydrogens is 262 g/mol. The van der Waals surface area contributed by atoms with Crippen LogP contribution in [0.2, 0.25) is 0 Å². The van der Waals surface area contributed by atoms with Gasteiger partial charge in [0.15, 0.2) is 0 Å². The van der Waals surface area contributed by atoms with Crippen LogP contribution in [0.3, 0.4) is 0 Å². The Balaban J connectivity index is 3.17. The molecule has 0 aliphatic heterocycles. The number of rotatable bonds is 15. The smallest absolute Gasteiger partial charge is 0.320 e. The highest BCUT2D eigenvalue weighted by Gasteiger charge is 2.12. The molecule has 0 aliphatic rings. The molecule has 2 N–H and O–H groups in total. The van der Waals surface area contributed by atoms with Crippen molar-refractivity contribution in [2.24, 2.45) is 5.92 Å². The highest BCUT2D eigenvalue weighted by Crippen LogP contribution is 2.12. The van der Waals surface area contributed by atoms with Crippen molar-refractivity contribution in [3.63, 3.8) is 0 Å². The lowest BCUT2D eigenvalue weighted by Crippen LogP contribution is -2.36. The van der Waals surface area contributed by atoms with E-state index in [2.05, 4.69) is 19.2 Å². The minimum Gasteiger partial charge on any atom is -0.480 e. The van der Waals surface area contributed by atoms with Gasteiger partial charge in [-0.3, -0.25) is 4.79 Å². The maximum Gasteiger partial charge on any atom is 0.320 e. The van der Waals surface area contributed by atoms with E-state index in [4.69, 9.17) is 5.11 Å². The number of aliphatic carboxylic acids is 1. The molecule has 0 aromatic heterocycles. The molecule has 0 heterocycles. The van der Waals surface area contributed by atoms with Crippen LogP contribution in [0.5, 0.6) is 0 Å². The van der Waals surface area contributed by atoms with E-state index in [9.17, 15) is 4.79 Å². The van der Waals surface area contributed by atoms with E-state index >= 15 is 0 Å². The van der Waals surface area contributed by atoms with Gasteiger partial charge in [-0.05, 0) is 25.3 Å². The van der Waals surface area contributed by atoms with Crippen molar-refractivity contribution in [3.05, 3.63) is 0 Å². The molecule has 0 spiro atoms. The molecule has 21 heavy (non-hydrogen) atoms. The molecule has 0 saturated carbocycles. The van der Waals surface area contributed by atoms with Crippen molar-refractivity contribution in [3.8, 4) is 0 Å². The third-order valence-corrected chi connectivity index (χ3v) is 4.06. The molecule has 0 radical (unpaired) electrons. The van der Waals surface area contributed by atoms with Gasteiger partial charge in [-0.25, -0.2) is 0 Å². The molecule has 0 saturated heterocycles. The normalized spacial score (nSPS) is 12.8. The molecule has 0 aliphatic carbocycles. The van der Waals surface area contributed by atoms with Gasteiger partial charge in [0.2, 0.25) is 0 Å². The lowest BCUT2D eigenvalue weighted by molar-refractivity contribution is -0.139. The van der Waals surface area contributed by atoms with Gasteiger partial charge in [-0.2, -0.15) is 0 Å². The van der Waals surface area contributed by atoms with Gasteiger partial charge in [-0.15, -0.1) is 0 Å². The van der Waals surface area contributed by atoms with Crippen LogP contribution in [-0.2, 0) is 4.79 Å². The summed E-state index contributed by atoms with van der Waals surface area (Å²) in [6.45, 7) is 7.34. The first-order valence-electron chi connectivity index (χ1n) is 9.04. The van der Waals surface area contributed by atoms with Crippen LogP contribution in [0.25, 0.3) is 0 Å². The molecule has 0 amide bonds. The second kappa shape index (κ2) is 14.4.